The zero-order valence-electron chi connectivity index (χ0n) is 12.6. The maximum Gasteiger partial charge on any atom is 0.391 e. The van der Waals surface area contributed by atoms with E-state index < -0.39 is 18.1 Å². The Morgan fingerprint density at radius 2 is 2.10 bits per heavy atom. The van der Waals surface area contributed by atoms with Gasteiger partial charge >= 0.3 is 12.1 Å². The Bertz CT molecular complexity index is 332. The van der Waals surface area contributed by atoms with Gasteiger partial charge in [-0.3, -0.25) is 4.79 Å². The number of likely N-dealkylation sites (N-methyl/N-ethyl adjacent to an activating group) is 1. The van der Waals surface area contributed by atoms with Crippen molar-refractivity contribution in [1.82, 2.24) is 5.32 Å². The van der Waals surface area contributed by atoms with Crippen LogP contribution in [0.2, 0.25) is 0 Å². The summed E-state index contributed by atoms with van der Waals surface area (Å²) in [4.78, 5) is 12.2. The second-order valence-corrected chi connectivity index (χ2v) is 5.29. The summed E-state index contributed by atoms with van der Waals surface area (Å²) in [5, 5.41) is 3.14. The van der Waals surface area contributed by atoms with Crippen molar-refractivity contribution < 1.29 is 27.4 Å². The van der Waals surface area contributed by atoms with Crippen LogP contribution in [0.25, 0.3) is 0 Å². The summed E-state index contributed by atoms with van der Waals surface area (Å²) < 4.78 is 46.9. The van der Waals surface area contributed by atoms with Gasteiger partial charge in [0.05, 0.1) is 25.7 Å². The quantitative estimate of drug-likeness (QED) is 0.735. The highest BCUT2D eigenvalue weighted by Gasteiger charge is 2.44. The van der Waals surface area contributed by atoms with Gasteiger partial charge < -0.3 is 14.8 Å². The Hall–Kier alpha value is -0.820. The van der Waals surface area contributed by atoms with Crippen LogP contribution in [0.5, 0.6) is 0 Å². The summed E-state index contributed by atoms with van der Waals surface area (Å²) >= 11 is 0. The zero-order valence-corrected chi connectivity index (χ0v) is 12.6. The monoisotopic (exact) mass is 311 g/mol. The molecule has 21 heavy (non-hydrogen) atoms. The van der Waals surface area contributed by atoms with Gasteiger partial charge in [0.2, 0.25) is 0 Å². The Morgan fingerprint density at radius 1 is 1.38 bits per heavy atom. The van der Waals surface area contributed by atoms with Crippen LogP contribution in [0.15, 0.2) is 0 Å². The molecule has 0 aromatic heterocycles. The molecular weight excluding hydrogens is 287 g/mol. The zero-order chi connectivity index (χ0) is 15.9. The molecule has 1 rings (SSSR count). The lowest BCUT2D eigenvalue weighted by Crippen LogP contribution is -2.56. The van der Waals surface area contributed by atoms with Crippen molar-refractivity contribution in [2.75, 3.05) is 19.8 Å². The normalized spacial score (nSPS) is 26.6. The number of hydrogen-bond acceptors (Lipinski definition) is 4. The lowest BCUT2D eigenvalue weighted by atomic mass is 9.80. The van der Waals surface area contributed by atoms with Gasteiger partial charge in [-0.2, -0.15) is 13.2 Å². The van der Waals surface area contributed by atoms with Crippen molar-refractivity contribution in [1.29, 1.82) is 0 Å². The van der Waals surface area contributed by atoms with E-state index in [4.69, 9.17) is 9.47 Å². The number of alkyl halides is 3. The second-order valence-electron chi connectivity index (χ2n) is 5.29. The SMILES string of the molecule is CCNC1(C(=O)OCC)CCCC(OCCC(F)(F)F)C1. The number of carbonyl (C=O) groups is 1. The molecule has 2 unspecified atom stereocenters. The number of rotatable bonds is 7. The van der Waals surface area contributed by atoms with Crippen LogP contribution in [-0.2, 0) is 14.3 Å². The third-order valence-electron chi connectivity index (χ3n) is 3.63. The summed E-state index contributed by atoms with van der Waals surface area (Å²) in [6.07, 6.45) is -3.14. The standard InChI is InChI=1S/C14H24F3NO3/c1-3-18-13(12(19)20-4-2)7-5-6-11(10-13)21-9-8-14(15,16)17/h11,18H,3-10H2,1-2H3. The van der Waals surface area contributed by atoms with Crippen LogP contribution >= 0.6 is 0 Å². The Morgan fingerprint density at radius 3 is 2.67 bits per heavy atom. The number of hydrogen-bond donors (Lipinski definition) is 1. The minimum Gasteiger partial charge on any atom is -0.465 e. The average Bonchev–Trinajstić information content (AvgIpc) is 2.38. The first kappa shape index (κ1) is 18.2. The molecule has 1 aliphatic carbocycles. The highest BCUT2D eigenvalue weighted by Crippen LogP contribution is 2.32. The number of carbonyl (C=O) groups excluding carboxylic acids is 1. The molecular formula is C14H24F3NO3. The van der Waals surface area contributed by atoms with Gasteiger partial charge in [-0.25, -0.2) is 0 Å². The van der Waals surface area contributed by atoms with E-state index in [-0.39, 0.29) is 25.3 Å². The maximum absolute atomic E-state index is 12.2. The van der Waals surface area contributed by atoms with Gasteiger partial charge in [0.15, 0.2) is 0 Å². The number of ether oxygens (including phenoxy) is 2. The van der Waals surface area contributed by atoms with Crippen LogP contribution < -0.4 is 5.32 Å². The average molecular weight is 311 g/mol. The molecule has 0 spiro atoms. The summed E-state index contributed by atoms with van der Waals surface area (Å²) in [7, 11) is 0. The highest BCUT2D eigenvalue weighted by molar-refractivity contribution is 5.81. The van der Waals surface area contributed by atoms with E-state index in [1.165, 1.54) is 0 Å². The van der Waals surface area contributed by atoms with Crippen molar-refractivity contribution in [2.45, 2.75) is 63.8 Å². The van der Waals surface area contributed by atoms with E-state index in [9.17, 15) is 18.0 Å². The van der Waals surface area contributed by atoms with Crippen LogP contribution in [0.3, 0.4) is 0 Å². The van der Waals surface area contributed by atoms with Gasteiger partial charge in [-0.1, -0.05) is 6.92 Å². The molecule has 7 heteroatoms. The van der Waals surface area contributed by atoms with Crippen molar-refractivity contribution in [3.63, 3.8) is 0 Å². The molecule has 2 atom stereocenters. The molecule has 0 amide bonds. The molecule has 1 N–H and O–H groups in total. The maximum atomic E-state index is 12.2. The molecule has 0 heterocycles. The van der Waals surface area contributed by atoms with E-state index in [1.807, 2.05) is 6.92 Å². The van der Waals surface area contributed by atoms with Gasteiger partial charge in [-0.15, -0.1) is 0 Å². The first-order valence-electron chi connectivity index (χ1n) is 7.43. The second kappa shape index (κ2) is 7.98. The van der Waals surface area contributed by atoms with Crippen molar-refractivity contribution in [3.8, 4) is 0 Å². The minimum atomic E-state index is -4.21. The molecule has 1 fully saturated rings. The smallest absolute Gasteiger partial charge is 0.391 e. The van der Waals surface area contributed by atoms with Crippen LogP contribution in [0.4, 0.5) is 13.2 Å². The summed E-state index contributed by atoms with van der Waals surface area (Å²) in [6.45, 7) is 4.13. The highest BCUT2D eigenvalue weighted by atomic mass is 19.4. The predicted molar refractivity (Wildman–Crippen MR) is 71.9 cm³/mol. The summed E-state index contributed by atoms with van der Waals surface area (Å²) in [5.74, 6) is -0.337. The Balaban J connectivity index is 2.59. The van der Waals surface area contributed by atoms with Gasteiger partial charge in [0, 0.05) is 6.42 Å². The number of esters is 1. The van der Waals surface area contributed by atoms with Crippen LogP contribution in [0, 0.1) is 0 Å². The van der Waals surface area contributed by atoms with E-state index >= 15 is 0 Å². The fourth-order valence-electron chi connectivity index (χ4n) is 2.73. The fourth-order valence-corrected chi connectivity index (χ4v) is 2.73. The van der Waals surface area contributed by atoms with E-state index in [0.29, 0.717) is 25.8 Å². The lowest BCUT2D eigenvalue weighted by Gasteiger charge is -2.39. The molecule has 4 nitrogen and oxygen atoms in total. The van der Waals surface area contributed by atoms with E-state index in [2.05, 4.69) is 5.32 Å². The molecule has 1 saturated carbocycles. The Kier molecular flexibility index (Phi) is 6.93. The van der Waals surface area contributed by atoms with Crippen molar-refractivity contribution in [2.24, 2.45) is 0 Å². The molecule has 1 aliphatic rings. The molecule has 0 radical (unpaired) electrons. The van der Waals surface area contributed by atoms with Crippen LogP contribution in [-0.4, -0.2) is 43.5 Å². The van der Waals surface area contributed by atoms with Crippen LogP contribution in [0.1, 0.15) is 46.0 Å². The lowest BCUT2D eigenvalue weighted by molar-refractivity contribution is -0.161. The molecule has 0 saturated heterocycles. The molecule has 0 aromatic rings. The number of nitrogens with one attached hydrogen (secondary N) is 1. The molecule has 0 aromatic carbocycles. The molecule has 0 bridgehead atoms. The number of halogens is 3. The van der Waals surface area contributed by atoms with E-state index in [1.54, 1.807) is 6.92 Å². The van der Waals surface area contributed by atoms with Crippen molar-refractivity contribution in [3.05, 3.63) is 0 Å². The summed E-state index contributed by atoms with van der Waals surface area (Å²) in [6, 6.07) is 0. The van der Waals surface area contributed by atoms with Gasteiger partial charge in [0.1, 0.15) is 5.54 Å². The van der Waals surface area contributed by atoms with E-state index in [0.717, 1.165) is 6.42 Å². The topological polar surface area (TPSA) is 47.6 Å². The molecule has 124 valence electrons. The third kappa shape index (κ3) is 5.82. The first-order chi connectivity index (χ1) is 9.83. The third-order valence-corrected chi connectivity index (χ3v) is 3.63. The Labute approximate surface area is 123 Å². The largest absolute Gasteiger partial charge is 0.465 e. The molecule has 0 aliphatic heterocycles. The fraction of sp³-hybridized carbons (Fsp3) is 0.929. The van der Waals surface area contributed by atoms with Crippen molar-refractivity contribution >= 4 is 5.97 Å². The minimum absolute atomic E-state index is 0.283. The first-order valence-corrected chi connectivity index (χ1v) is 7.43. The van der Waals surface area contributed by atoms with Gasteiger partial charge in [0.25, 0.3) is 0 Å². The predicted octanol–water partition coefficient (Wildman–Crippen LogP) is 2.81. The summed E-state index contributed by atoms with van der Waals surface area (Å²) in [5.41, 5.74) is -0.827. The van der Waals surface area contributed by atoms with Gasteiger partial charge in [-0.05, 0) is 32.7 Å².